The molecule has 0 bridgehead atoms. The van der Waals surface area contributed by atoms with Crippen LogP contribution in [0.15, 0.2) is 109 Å². The molecule has 0 radical (unpaired) electrons. The van der Waals surface area contributed by atoms with E-state index in [4.69, 9.17) is 9.47 Å². The van der Waals surface area contributed by atoms with Crippen LogP contribution in [0.5, 0.6) is 11.5 Å². The van der Waals surface area contributed by atoms with Crippen molar-refractivity contribution in [3.05, 3.63) is 120 Å². The number of benzene rings is 4. The van der Waals surface area contributed by atoms with Gasteiger partial charge in [-0.15, -0.1) is 0 Å². The number of hydrogen-bond acceptors (Lipinski definition) is 4. The van der Waals surface area contributed by atoms with Crippen molar-refractivity contribution in [3.8, 4) is 11.5 Å². The zero-order chi connectivity index (χ0) is 22.0. The van der Waals surface area contributed by atoms with E-state index in [0.717, 1.165) is 29.3 Å². The van der Waals surface area contributed by atoms with E-state index in [1.54, 1.807) is 12.1 Å². The number of para-hydroxylation sites is 1. The van der Waals surface area contributed by atoms with Crippen molar-refractivity contribution in [2.75, 3.05) is 18.5 Å². The summed E-state index contributed by atoms with van der Waals surface area (Å²) in [5.74, 6) is 1.58. The molecule has 0 aliphatic heterocycles. The molecule has 4 aromatic carbocycles. The molecule has 0 atom stereocenters. The highest BCUT2D eigenvalue weighted by Crippen LogP contribution is 2.20. The van der Waals surface area contributed by atoms with Crippen molar-refractivity contribution >= 4 is 17.2 Å². The maximum absolute atomic E-state index is 12.4. The molecule has 0 spiro atoms. The Hall–Kier alpha value is -4.05. The molecule has 0 fully saturated rings. The molecule has 4 aromatic rings. The monoisotopic (exact) mass is 423 g/mol. The summed E-state index contributed by atoms with van der Waals surface area (Å²) in [4.78, 5) is 12.4. The molecule has 0 amide bonds. The van der Waals surface area contributed by atoms with Gasteiger partial charge in [0.05, 0.1) is 13.2 Å². The maximum atomic E-state index is 12.4. The lowest BCUT2D eigenvalue weighted by Gasteiger charge is -2.10. The van der Waals surface area contributed by atoms with E-state index in [9.17, 15) is 4.79 Å². The van der Waals surface area contributed by atoms with E-state index in [0.29, 0.717) is 24.3 Å². The third-order valence-corrected chi connectivity index (χ3v) is 4.90. The molecular weight excluding hydrogens is 398 g/mol. The molecule has 0 aliphatic carbocycles. The number of nitrogens with one attached hydrogen (secondary N) is 1. The normalized spacial score (nSPS) is 10.4. The predicted octanol–water partition coefficient (Wildman–Crippen LogP) is 6.51. The number of carbonyl (C=O) groups is 1. The smallest absolute Gasteiger partial charge is 0.193 e. The zero-order valence-electron chi connectivity index (χ0n) is 17.7. The Morgan fingerprint density at radius 3 is 1.62 bits per heavy atom. The molecule has 4 heteroatoms. The Balaban J connectivity index is 1.17. The maximum Gasteiger partial charge on any atom is 0.193 e. The fourth-order valence-corrected chi connectivity index (χ4v) is 3.22. The number of ether oxygens (including phenoxy) is 2. The first kappa shape index (κ1) is 21.2. The first-order valence-electron chi connectivity index (χ1n) is 10.7. The lowest BCUT2D eigenvalue weighted by molar-refractivity contribution is 0.103. The van der Waals surface area contributed by atoms with Gasteiger partial charge in [0, 0.05) is 28.9 Å². The van der Waals surface area contributed by atoms with Crippen LogP contribution in [0.2, 0.25) is 0 Å². The Bertz CT molecular complexity index is 1110. The standard InChI is InChI=1S/C28H25NO3/c30-28(22-8-3-1-4-9-22)23-12-16-26(17-13-23)31-20-7-21-32-27-18-14-25(15-19-27)29-24-10-5-2-6-11-24/h1-6,8-19,29H,7,20-21H2. The van der Waals surface area contributed by atoms with E-state index >= 15 is 0 Å². The minimum absolute atomic E-state index is 0.00976. The zero-order valence-corrected chi connectivity index (χ0v) is 17.7. The molecular formula is C28H25NO3. The number of hydrogen-bond donors (Lipinski definition) is 1. The molecule has 1 N–H and O–H groups in total. The summed E-state index contributed by atoms with van der Waals surface area (Å²) in [6, 6.07) is 34.5. The summed E-state index contributed by atoms with van der Waals surface area (Å²) in [7, 11) is 0. The molecule has 0 aliphatic rings. The fraction of sp³-hybridized carbons (Fsp3) is 0.107. The van der Waals surface area contributed by atoms with Gasteiger partial charge in [-0.3, -0.25) is 4.79 Å². The predicted molar refractivity (Wildman–Crippen MR) is 128 cm³/mol. The van der Waals surface area contributed by atoms with Gasteiger partial charge in [0.1, 0.15) is 11.5 Å². The van der Waals surface area contributed by atoms with Crippen LogP contribution in [0.3, 0.4) is 0 Å². The average molecular weight is 424 g/mol. The lowest BCUT2D eigenvalue weighted by atomic mass is 10.0. The molecule has 0 saturated heterocycles. The van der Waals surface area contributed by atoms with Crippen molar-refractivity contribution in [2.45, 2.75) is 6.42 Å². The first-order valence-corrected chi connectivity index (χ1v) is 10.7. The number of carbonyl (C=O) groups excluding carboxylic acids is 1. The van der Waals surface area contributed by atoms with E-state index in [-0.39, 0.29) is 5.78 Å². The van der Waals surface area contributed by atoms with Crippen molar-refractivity contribution in [2.24, 2.45) is 0 Å². The van der Waals surface area contributed by atoms with Crippen LogP contribution in [0.1, 0.15) is 22.3 Å². The van der Waals surface area contributed by atoms with Crippen LogP contribution < -0.4 is 14.8 Å². The molecule has 0 unspecified atom stereocenters. The molecule has 4 nitrogen and oxygen atoms in total. The van der Waals surface area contributed by atoms with Gasteiger partial charge < -0.3 is 14.8 Å². The van der Waals surface area contributed by atoms with Crippen molar-refractivity contribution in [1.82, 2.24) is 0 Å². The minimum atomic E-state index is 0.00976. The summed E-state index contributed by atoms with van der Waals surface area (Å²) < 4.78 is 11.6. The molecule has 4 rings (SSSR count). The van der Waals surface area contributed by atoms with Crippen molar-refractivity contribution < 1.29 is 14.3 Å². The van der Waals surface area contributed by atoms with E-state index < -0.39 is 0 Å². The topological polar surface area (TPSA) is 47.6 Å². The fourth-order valence-electron chi connectivity index (χ4n) is 3.22. The summed E-state index contributed by atoms with van der Waals surface area (Å²) in [5, 5.41) is 3.35. The lowest BCUT2D eigenvalue weighted by Crippen LogP contribution is -2.05. The molecule has 32 heavy (non-hydrogen) atoms. The summed E-state index contributed by atoms with van der Waals surface area (Å²) >= 11 is 0. The van der Waals surface area contributed by atoms with Gasteiger partial charge in [-0.2, -0.15) is 0 Å². The second-order valence-electron chi connectivity index (χ2n) is 7.29. The van der Waals surface area contributed by atoms with Crippen LogP contribution in [0.4, 0.5) is 11.4 Å². The molecule has 0 saturated carbocycles. The van der Waals surface area contributed by atoms with Gasteiger partial charge in [-0.05, 0) is 60.7 Å². The Kier molecular flexibility index (Phi) is 7.17. The van der Waals surface area contributed by atoms with Gasteiger partial charge in [-0.25, -0.2) is 0 Å². The quantitative estimate of drug-likeness (QED) is 0.233. The van der Waals surface area contributed by atoms with E-state index in [1.807, 2.05) is 97.1 Å². The summed E-state index contributed by atoms with van der Waals surface area (Å²) in [5.41, 5.74) is 3.40. The highest BCUT2D eigenvalue weighted by molar-refractivity contribution is 6.08. The van der Waals surface area contributed by atoms with Crippen LogP contribution in [-0.2, 0) is 0 Å². The van der Waals surface area contributed by atoms with Gasteiger partial charge in [0.15, 0.2) is 5.78 Å². The molecule has 0 aromatic heterocycles. The number of anilines is 2. The van der Waals surface area contributed by atoms with Gasteiger partial charge in [0.2, 0.25) is 0 Å². The first-order chi connectivity index (χ1) is 15.8. The van der Waals surface area contributed by atoms with Crippen molar-refractivity contribution in [3.63, 3.8) is 0 Å². The van der Waals surface area contributed by atoms with E-state index in [2.05, 4.69) is 5.32 Å². The minimum Gasteiger partial charge on any atom is -0.493 e. The number of rotatable bonds is 10. The van der Waals surface area contributed by atoms with Gasteiger partial charge >= 0.3 is 0 Å². The van der Waals surface area contributed by atoms with Crippen LogP contribution in [0, 0.1) is 0 Å². The van der Waals surface area contributed by atoms with Gasteiger partial charge in [-0.1, -0.05) is 48.5 Å². The second-order valence-corrected chi connectivity index (χ2v) is 7.29. The molecule has 0 heterocycles. The third kappa shape index (κ3) is 5.99. The second kappa shape index (κ2) is 10.8. The van der Waals surface area contributed by atoms with Gasteiger partial charge in [0.25, 0.3) is 0 Å². The Morgan fingerprint density at radius 1 is 0.562 bits per heavy atom. The largest absolute Gasteiger partial charge is 0.493 e. The summed E-state index contributed by atoms with van der Waals surface area (Å²) in [6.07, 6.45) is 0.759. The average Bonchev–Trinajstić information content (AvgIpc) is 2.86. The Morgan fingerprint density at radius 2 is 1.03 bits per heavy atom. The highest BCUT2D eigenvalue weighted by atomic mass is 16.5. The molecule has 160 valence electrons. The van der Waals surface area contributed by atoms with Crippen molar-refractivity contribution in [1.29, 1.82) is 0 Å². The van der Waals surface area contributed by atoms with Crippen LogP contribution in [0.25, 0.3) is 0 Å². The SMILES string of the molecule is O=C(c1ccccc1)c1ccc(OCCCOc2ccc(Nc3ccccc3)cc2)cc1. The Labute approximate surface area is 188 Å². The number of ketones is 1. The van der Waals surface area contributed by atoms with E-state index in [1.165, 1.54) is 0 Å². The third-order valence-electron chi connectivity index (χ3n) is 4.90. The highest BCUT2D eigenvalue weighted by Gasteiger charge is 2.08. The van der Waals surface area contributed by atoms with Crippen LogP contribution >= 0.6 is 0 Å². The summed E-state index contributed by atoms with van der Waals surface area (Å²) in [6.45, 7) is 1.11. The van der Waals surface area contributed by atoms with Crippen LogP contribution in [-0.4, -0.2) is 19.0 Å².